The lowest BCUT2D eigenvalue weighted by atomic mass is 10.0. The second-order valence-corrected chi connectivity index (χ2v) is 3.98. The fourth-order valence-corrected chi connectivity index (χ4v) is 2.91. The molecule has 11 heavy (non-hydrogen) atoms. The number of aliphatic hydroxyl groups is 1. The Hall–Kier alpha value is -0.120. The van der Waals surface area contributed by atoms with Gasteiger partial charge in [0.1, 0.15) is 6.10 Å². The standard InChI is InChI=1S/C8H13NO2/c1-9-5-2-4-3-6(9)8(11-4)7(5)10/h4-8,10H,2-3H2,1H3/t4?,5?,6?,7?,8-/m0/s1. The average molecular weight is 155 g/mol. The zero-order chi connectivity index (χ0) is 7.59. The molecule has 5 atom stereocenters. The van der Waals surface area contributed by atoms with Crippen LogP contribution in [0.3, 0.4) is 0 Å². The molecule has 0 aromatic heterocycles. The molecule has 4 unspecified atom stereocenters. The number of aliphatic hydroxyl groups excluding tert-OH is 1. The molecule has 3 nitrogen and oxygen atoms in total. The van der Waals surface area contributed by atoms with Gasteiger partial charge in [0.25, 0.3) is 0 Å². The van der Waals surface area contributed by atoms with Gasteiger partial charge >= 0.3 is 0 Å². The largest absolute Gasteiger partial charge is 0.389 e. The summed E-state index contributed by atoms with van der Waals surface area (Å²) < 4.78 is 5.64. The number of hydrogen-bond donors (Lipinski definition) is 1. The minimum absolute atomic E-state index is 0.128. The lowest BCUT2D eigenvalue weighted by Gasteiger charge is -2.33. The van der Waals surface area contributed by atoms with E-state index in [2.05, 4.69) is 11.9 Å². The number of ether oxygens (including phenoxy) is 1. The summed E-state index contributed by atoms with van der Waals surface area (Å²) in [6, 6.07) is 0.895. The second kappa shape index (κ2) is 1.79. The number of nitrogens with zero attached hydrogens (tertiary/aromatic N) is 1. The third-order valence-corrected chi connectivity index (χ3v) is 3.51. The molecule has 0 aliphatic carbocycles. The van der Waals surface area contributed by atoms with Crippen LogP contribution in [0.5, 0.6) is 0 Å². The van der Waals surface area contributed by atoms with Gasteiger partial charge in [0, 0.05) is 12.1 Å². The van der Waals surface area contributed by atoms with Crippen molar-refractivity contribution in [1.82, 2.24) is 4.90 Å². The quantitative estimate of drug-likeness (QED) is 0.516. The van der Waals surface area contributed by atoms with Gasteiger partial charge < -0.3 is 9.84 Å². The van der Waals surface area contributed by atoms with Crippen molar-refractivity contribution in [2.75, 3.05) is 7.05 Å². The molecule has 0 radical (unpaired) electrons. The van der Waals surface area contributed by atoms with Crippen LogP contribution in [0.2, 0.25) is 0 Å². The molecule has 4 fully saturated rings. The highest BCUT2D eigenvalue weighted by Crippen LogP contribution is 2.44. The lowest BCUT2D eigenvalue weighted by molar-refractivity contribution is -0.0758. The van der Waals surface area contributed by atoms with E-state index in [9.17, 15) is 5.11 Å². The van der Waals surface area contributed by atoms with Crippen LogP contribution in [0.4, 0.5) is 0 Å². The summed E-state index contributed by atoms with van der Waals surface area (Å²) in [5, 5.41) is 9.71. The lowest BCUT2D eigenvalue weighted by Crippen LogP contribution is -2.44. The topological polar surface area (TPSA) is 32.7 Å². The second-order valence-electron chi connectivity index (χ2n) is 3.98. The van der Waals surface area contributed by atoms with Crippen molar-refractivity contribution in [3.05, 3.63) is 0 Å². The molecule has 0 amide bonds. The first-order valence-electron chi connectivity index (χ1n) is 4.33. The van der Waals surface area contributed by atoms with Gasteiger partial charge in [-0.3, -0.25) is 4.90 Å². The van der Waals surface area contributed by atoms with E-state index in [0.717, 1.165) is 12.8 Å². The van der Waals surface area contributed by atoms with Crippen molar-refractivity contribution in [2.45, 2.75) is 43.2 Å². The molecular formula is C8H13NO2. The molecule has 0 aromatic rings. The molecule has 0 spiro atoms. The van der Waals surface area contributed by atoms with E-state index in [4.69, 9.17) is 4.74 Å². The summed E-state index contributed by atoms with van der Waals surface area (Å²) in [6.45, 7) is 0. The molecular weight excluding hydrogens is 142 g/mol. The van der Waals surface area contributed by atoms with Crippen LogP contribution in [-0.4, -0.2) is 47.4 Å². The molecule has 4 aliphatic rings. The van der Waals surface area contributed by atoms with E-state index < -0.39 is 0 Å². The van der Waals surface area contributed by atoms with Crippen LogP contribution < -0.4 is 0 Å². The van der Waals surface area contributed by atoms with Gasteiger partial charge in [-0.1, -0.05) is 0 Å². The minimum Gasteiger partial charge on any atom is -0.389 e. The van der Waals surface area contributed by atoms with Gasteiger partial charge in [0.2, 0.25) is 0 Å². The summed E-state index contributed by atoms with van der Waals surface area (Å²) >= 11 is 0. The molecule has 4 rings (SSSR count). The highest BCUT2D eigenvalue weighted by atomic mass is 16.5. The van der Waals surface area contributed by atoms with Crippen molar-refractivity contribution < 1.29 is 9.84 Å². The third-order valence-electron chi connectivity index (χ3n) is 3.51. The van der Waals surface area contributed by atoms with Crippen molar-refractivity contribution in [1.29, 1.82) is 0 Å². The first-order chi connectivity index (χ1) is 5.27. The Morgan fingerprint density at radius 3 is 2.73 bits per heavy atom. The Labute approximate surface area is 65.9 Å². The van der Waals surface area contributed by atoms with E-state index in [0.29, 0.717) is 18.2 Å². The molecule has 0 aromatic carbocycles. The van der Waals surface area contributed by atoms with E-state index in [-0.39, 0.29) is 12.2 Å². The van der Waals surface area contributed by atoms with E-state index in [1.807, 2.05) is 0 Å². The van der Waals surface area contributed by atoms with Gasteiger partial charge in [0.05, 0.1) is 12.2 Å². The molecule has 4 saturated heterocycles. The van der Waals surface area contributed by atoms with Crippen LogP contribution in [0, 0.1) is 0 Å². The monoisotopic (exact) mass is 155 g/mol. The number of piperidine rings is 1. The smallest absolute Gasteiger partial charge is 0.101 e. The highest BCUT2D eigenvalue weighted by molar-refractivity contribution is 5.10. The Morgan fingerprint density at radius 1 is 1.36 bits per heavy atom. The van der Waals surface area contributed by atoms with Gasteiger partial charge in [-0.2, -0.15) is 0 Å². The minimum atomic E-state index is -0.219. The predicted octanol–water partition coefficient (Wildman–Crippen LogP) is -0.409. The SMILES string of the molecule is CN1C2CC3CC1[C@H](O3)C2O. The normalized spacial score (nSPS) is 61.1. The van der Waals surface area contributed by atoms with Crippen molar-refractivity contribution in [3.8, 4) is 0 Å². The van der Waals surface area contributed by atoms with Gasteiger partial charge in [-0.25, -0.2) is 0 Å². The molecule has 3 heteroatoms. The Balaban J connectivity index is 2.00. The summed E-state index contributed by atoms with van der Waals surface area (Å²) in [4.78, 5) is 2.29. The van der Waals surface area contributed by atoms with Crippen LogP contribution in [0.25, 0.3) is 0 Å². The molecule has 4 heterocycles. The molecule has 0 saturated carbocycles. The van der Waals surface area contributed by atoms with Crippen LogP contribution >= 0.6 is 0 Å². The Bertz CT molecular complexity index is 175. The van der Waals surface area contributed by atoms with Gasteiger partial charge in [0.15, 0.2) is 0 Å². The zero-order valence-corrected chi connectivity index (χ0v) is 6.60. The molecule has 62 valence electrons. The summed E-state index contributed by atoms with van der Waals surface area (Å²) in [7, 11) is 2.10. The highest BCUT2D eigenvalue weighted by Gasteiger charge is 2.57. The van der Waals surface area contributed by atoms with E-state index in [1.54, 1.807) is 0 Å². The van der Waals surface area contributed by atoms with E-state index in [1.165, 1.54) is 0 Å². The van der Waals surface area contributed by atoms with Crippen LogP contribution in [0.15, 0.2) is 0 Å². The summed E-state index contributed by atoms with van der Waals surface area (Å²) in [6.07, 6.45) is 2.53. The molecule has 1 N–H and O–H groups in total. The summed E-state index contributed by atoms with van der Waals surface area (Å²) in [5.41, 5.74) is 0. The molecule has 4 aliphatic heterocycles. The Morgan fingerprint density at radius 2 is 2.09 bits per heavy atom. The van der Waals surface area contributed by atoms with Crippen molar-refractivity contribution in [2.24, 2.45) is 0 Å². The zero-order valence-electron chi connectivity index (χ0n) is 6.60. The maximum Gasteiger partial charge on any atom is 0.101 e. The molecule has 4 bridgehead atoms. The van der Waals surface area contributed by atoms with Crippen molar-refractivity contribution >= 4 is 0 Å². The fraction of sp³-hybridized carbons (Fsp3) is 1.00. The van der Waals surface area contributed by atoms with Gasteiger partial charge in [-0.05, 0) is 19.9 Å². The maximum atomic E-state index is 9.71. The fourth-order valence-electron chi connectivity index (χ4n) is 2.91. The Kier molecular flexibility index (Phi) is 1.04. The number of rotatable bonds is 0. The first-order valence-corrected chi connectivity index (χ1v) is 4.33. The van der Waals surface area contributed by atoms with Gasteiger partial charge in [-0.15, -0.1) is 0 Å². The average Bonchev–Trinajstić information content (AvgIpc) is 2.39. The number of hydrogen-bond acceptors (Lipinski definition) is 3. The van der Waals surface area contributed by atoms with Crippen molar-refractivity contribution in [3.63, 3.8) is 0 Å². The third kappa shape index (κ3) is 0.604. The first kappa shape index (κ1) is 6.40. The predicted molar refractivity (Wildman–Crippen MR) is 39.2 cm³/mol. The number of likely N-dealkylation sites (N-methyl/N-ethyl adjacent to an activating group) is 1. The summed E-state index contributed by atoms with van der Waals surface area (Å²) in [5.74, 6) is 0. The van der Waals surface area contributed by atoms with E-state index >= 15 is 0 Å². The van der Waals surface area contributed by atoms with Crippen LogP contribution in [-0.2, 0) is 4.74 Å². The van der Waals surface area contributed by atoms with Crippen LogP contribution in [0.1, 0.15) is 12.8 Å². The maximum absolute atomic E-state index is 9.71.